The van der Waals surface area contributed by atoms with Crippen LogP contribution in [0.4, 0.5) is 0 Å². The summed E-state index contributed by atoms with van der Waals surface area (Å²) in [6, 6.07) is 17.6. The Morgan fingerprint density at radius 1 is 1.00 bits per heavy atom. The Morgan fingerprint density at radius 2 is 1.67 bits per heavy atom. The third-order valence-corrected chi connectivity index (χ3v) is 5.35. The van der Waals surface area contributed by atoms with Crippen LogP contribution in [0.15, 0.2) is 97.8 Å². The zero-order chi connectivity index (χ0) is 19.9. The molecule has 140 valence electrons. The Hall–Kier alpha value is -2.80. The number of nitrogens with two attached hydrogens (primary N) is 1. The molecule has 0 radical (unpaired) electrons. The zero-order valence-electron chi connectivity index (χ0n) is 16.8. The molecular formula is C26H31N. The maximum absolute atomic E-state index is 5.98. The molecule has 0 aromatic heterocycles. The summed E-state index contributed by atoms with van der Waals surface area (Å²) in [5.41, 5.74) is 12.2. The van der Waals surface area contributed by atoms with Crippen LogP contribution in [0.5, 0.6) is 0 Å². The van der Waals surface area contributed by atoms with Gasteiger partial charge in [0.2, 0.25) is 0 Å². The maximum Gasteiger partial charge on any atom is 0.0466 e. The van der Waals surface area contributed by atoms with Gasteiger partial charge in [-0.15, -0.1) is 13.2 Å². The summed E-state index contributed by atoms with van der Waals surface area (Å²) in [7, 11) is 0. The maximum atomic E-state index is 5.98. The summed E-state index contributed by atoms with van der Waals surface area (Å²) in [6.45, 7) is 12.5. The van der Waals surface area contributed by atoms with E-state index in [1.54, 1.807) is 6.20 Å². The van der Waals surface area contributed by atoms with Crippen molar-refractivity contribution < 1.29 is 0 Å². The van der Waals surface area contributed by atoms with Gasteiger partial charge in [-0.3, -0.25) is 0 Å². The third-order valence-electron chi connectivity index (χ3n) is 5.35. The lowest BCUT2D eigenvalue weighted by Crippen LogP contribution is -2.35. The minimum absolute atomic E-state index is 0.262. The van der Waals surface area contributed by atoms with Gasteiger partial charge in [-0.1, -0.05) is 84.0 Å². The highest BCUT2D eigenvalue weighted by Gasteiger charge is 2.39. The van der Waals surface area contributed by atoms with Gasteiger partial charge in [0.15, 0.2) is 0 Å². The van der Waals surface area contributed by atoms with Crippen LogP contribution in [0.3, 0.4) is 0 Å². The molecule has 0 bridgehead atoms. The second-order valence-corrected chi connectivity index (χ2v) is 7.06. The first-order valence-corrected chi connectivity index (χ1v) is 9.45. The average Bonchev–Trinajstić information content (AvgIpc) is 2.70. The number of benzene rings is 2. The lowest BCUT2D eigenvalue weighted by atomic mass is 9.62. The standard InChI is InChI=1S/C24H27N.C2H4/c1-18-8-12-21(13-9-18)24(16-17-25,22-14-10-19(2)11-15-22)23-7-5-4-6-20(23)3;1-2/h4-14,16-17,22H,15,25H2,1-3H3;1-2H2. The number of allylic oxidation sites excluding steroid dienone is 5. The van der Waals surface area contributed by atoms with E-state index in [2.05, 4.69) is 107 Å². The molecule has 0 saturated heterocycles. The summed E-state index contributed by atoms with van der Waals surface area (Å²) in [6.07, 6.45) is 11.8. The van der Waals surface area contributed by atoms with E-state index < -0.39 is 0 Å². The van der Waals surface area contributed by atoms with E-state index in [9.17, 15) is 0 Å². The molecule has 0 amide bonds. The van der Waals surface area contributed by atoms with E-state index in [0.717, 1.165) is 6.42 Å². The minimum Gasteiger partial charge on any atom is -0.405 e. The van der Waals surface area contributed by atoms with Gasteiger partial charge in [-0.25, -0.2) is 0 Å². The first-order valence-electron chi connectivity index (χ1n) is 9.45. The van der Waals surface area contributed by atoms with Crippen molar-refractivity contribution in [3.8, 4) is 0 Å². The van der Waals surface area contributed by atoms with Crippen molar-refractivity contribution in [3.05, 3.63) is 120 Å². The Kier molecular flexibility index (Phi) is 7.01. The summed E-state index contributed by atoms with van der Waals surface area (Å²) >= 11 is 0. The molecule has 0 fully saturated rings. The molecule has 1 heteroatoms. The van der Waals surface area contributed by atoms with E-state index in [0.29, 0.717) is 5.92 Å². The third kappa shape index (κ3) is 4.14. The van der Waals surface area contributed by atoms with Crippen molar-refractivity contribution in [2.24, 2.45) is 11.7 Å². The molecule has 2 aromatic carbocycles. The molecule has 2 aromatic rings. The Balaban J connectivity index is 0.00000126. The van der Waals surface area contributed by atoms with Crippen molar-refractivity contribution in [1.29, 1.82) is 0 Å². The molecular weight excluding hydrogens is 326 g/mol. The zero-order valence-corrected chi connectivity index (χ0v) is 16.8. The van der Waals surface area contributed by atoms with Gasteiger partial charge in [0.1, 0.15) is 0 Å². The normalized spacial score (nSPS) is 18.3. The van der Waals surface area contributed by atoms with Gasteiger partial charge < -0.3 is 5.73 Å². The lowest BCUT2D eigenvalue weighted by Gasteiger charge is -2.40. The fraction of sp³-hybridized carbons (Fsp3) is 0.231. The predicted molar refractivity (Wildman–Crippen MR) is 119 cm³/mol. The number of aryl methyl sites for hydroxylation is 2. The topological polar surface area (TPSA) is 26.0 Å². The molecule has 2 N–H and O–H groups in total. The average molecular weight is 358 g/mol. The molecule has 3 rings (SSSR count). The number of rotatable bonds is 4. The predicted octanol–water partition coefficient (Wildman–Crippen LogP) is 6.39. The van der Waals surface area contributed by atoms with E-state index >= 15 is 0 Å². The van der Waals surface area contributed by atoms with Gasteiger partial charge in [0.05, 0.1) is 0 Å². The molecule has 2 atom stereocenters. The van der Waals surface area contributed by atoms with Crippen LogP contribution in [0.1, 0.15) is 35.6 Å². The summed E-state index contributed by atoms with van der Waals surface area (Å²) < 4.78 is 0. The molecule has 27 heavy (non-hydrogen) atoms. The molecule has 1 aliphatic carbocycles. The van der Waals surface area contributed by atoms with Gasteiger partial charge in [0.25, 0.3) is 0 Å². The highest BCUT2D eigenvalue weighted by molar-refractivity contribution is 5.51. The van der Waals surface area contributed by atoms with E-state index in [1.165, 1.54) is 27.8 Å². The lowest BCUT2D eigenvalue weighted by molar-refractivity contribution is 0.459. The molecule has 0 aliphatic heterocycles. The van der Waals surface area contributed by atoms with Crippen LogP contribution in [-0.4, -0.2) is 0 Å². The van der Waals surface area contributed by atoms with Gasteiger partial charge in [0, 0.05) is 5.41 Å². The SMILES string of the molecule is C=C.CC1=CCC(C(C=CN)(c2ccc(C)cc2)c2ccccc2C)C=C1. The Morgan fingerprint density at radius 3 is 2.22 bits per heavy atom. The van der Waals surface area contributed by atoms with Crippen LogP contribution < -0.4 is 5.73 Å². The highest BCUT2D eigenvalue weighted by atomic mass is 14.5. The van der Waals surface area contributed by atoms with Crippen molar-refractivity contribution in [1.82, 2.24) is 0 Å². The molecule has 0 spiro atoms. The number of hydrogen-bond acceptors (Lipinski definition) is 1. The molecule has 1 nitrogen and oxygen atoms in total. The van der Waals surface area contributed by atoms with Gasteiger partial charge >= 0.3 is 0 Å². The van der Waals surface area contributed by atoms with Crippen LogP contribution >= 0.6 is 0 Å². The fourth-order valence-electron chi connectivity index (χ4n) is 3.96. The first-order chi connectivity index (χ1) is 13.1. The largest absolute Gasteiger partial charge is 0.405 e. The second kappa shape index (κ2) is 9.23. The van der Waals surface area contributed by atoms with Crippen molar-refractivity contribution in [3.63, 3.8) is 0 Å². The van der Waals surface area contributed by atoms with E-state index in [-0.39, 0.29) is 5.41 Å². The van der Waals surface area contributed by atoms with Crippen LogP contribution in [0, 0.1) is 19.8 Å². The summed E-state index contributed by atoms with van der Waals surface area (Å²) in [5.74, 6) is 0.333. The van der Waals surface area contributed by atoms with Gasteiger partial charge in [-0.2, -0.15) is 0 Å². The van der Waals surface area contributed by atoms with E-state index in [4.69, 9.17) is 5.73 Å². The quantitative estimate of drug-likeness (QED) is 0.631. The molecule has 0 heterocycles. The van der Waals surface area contributed by atoms with Gasteiger partial charge in [-0.05, 0) is 56.0 Å². The summed E-state index contributed by atoms with van der Waals surface area (Å²) in [4.78, 5) is 0. The van der Waals surface area contributed by atoms with Crippen molar-refractivity contribution >= 4 is 0 Å². The number of hydrogen-bond donors (Lipinski definition) is 1. The van der Waals surface area contributed by atoms with Crippen LogP contribution in [0.25, 0.3) is 0 Å². The van der Waals surface area contributed by atoms with Crippen molar-refractivity contribution in [2.45, 2.75) is 32.6 Å². The van der Waals surface area contributed by atoms with Crippen LogP contribution in [-0.2, 0) is 5.41 Å². The monoisotopic (exact) mass is 357 g/mol. The highest BCUT2D eigenvalue weighted by Crippen LogP contribution is 2.45. The summed E-state index contributed by atoms with van der Waals surface area (Å²) in [5, 5.41) is 0. The Bertz CT molecular complexity index is 839. The Labute approximate surface area is 164 Å². The minimum atomic E-state index is -0.262. The van der Waals surface area contributed by atoms with E-state index in [1.807, 2.05) is 0 Å². The molecule has 1 aliphatic rings. The van der Waals surface area contributed by atoms with Crippen LogP contribution in [0.2, 0.25) is 0 Å². The second-order valence-electron chi connectivity index (χ2n) is 7.06. The first kappa shape index (κ1) is 20.5. The van der Waals surface area contributed by atoms with Crippen molar-refractivity contribution in [2.75, 3.05) is 0 Å². The fourth-order valence-corrected chi connectivity index (χ4v) is 3.96. The molecule has 0 saturated carbocycles. The molecule has 2 unspecified atom stereocenters. The smallest absolute Gasteiger partial charge is 0.0466 e.